The fourth-order valence-corrected chi connectivity index (χ4v) is 3.36. The summed E-state index contributed by atoms with van der Waals surface area (Å²) in [4.78, 5) is 1.41. The highest BCUT2D eigenvalue weighted by atomic mass is 32.2. The van der Waals surface area contributed by atoms with Crippen molar-refractivity contribution in [2.24, 2.45) is 0 Å². The minimum absolute atomic E-state index is 0.444. The summed E-state index contributed by atoms with van der Waals surface area (Å²) in [6.07, 6.45) is 4.44. The maximum absolute atomic E-state index is 5.79. The summed E-state index contributed by atoms with van der Waals surface area (Å²) in [6.45, 7) is 3.03. The molecule has 0 saturated heterocycles. The van der Waals surface area contributed by atoms with E-state index in [0.717, 1.165) is 23.8 Å². The minimum Gasteiger partial charge on any atom is -0.464 e. The average Bonchev–Trinajstić information content (AvgIpc) is 3.06. The molecule has 0 fully saturated rings. The molecule has 2 aromatic heterocycles. The van der Waals surface area contributed by atoms with Crippen LogP contribution in [0.3, 0.4) is 0 Å². The SMILES string of the molecule is CCCC(NCc1ccc(CSC)o1)c1cccs1. The fraction of sp³-hybridized carbons (Fsp3) is 0.467. The molecule has 0 aliphatic carbocycles. The smallest absolute Gasteiger partial charge is 0.118 e. The lowest BCUT2D eigenvalue weighted by atomic mass is 10.1. The van der Waals surface area contributed by atoms with Gasteiger partial charge in [0.1, 0.15) is 11.5 Å². The van der Waals surface area contributed by atoms with Gasteiger partial charge >= 0.3 is 0 Å². The van der Waals surface area contributed by atoms with Gasteiger partial charge in [-0.1, -0.05) is 19.4 Å². The van der Waals surface area contributed by atoms with Crippen LogP contribution in [0.15, 0.2) is 34.1 Å². The van der Waals surface area contributed by atoms with E-state index in [0.29, 0.717) is 6.04 Å². The highest BCUT2D eigenvalue weighted by Gasteiger charge is 2.12. The van der Waals surface area contributed by atoms with Gasteiger partial charge in [0.25, 0.3) is 0 Å². The summed E-state index contributed by atoms with van der Waals surface area (Å²) in [5.74, 6) is 3.04. The Labute approximate surface area is 123 Å². The van der Waals surface area contributed by atoms with Crippen LogP contribution in [0, 0.1) is 0 Å². The Morgan fingerprint density at radius 2 is 2.16 bits per heavy atom. The molecule has 2 aromatic rings. The number of rotatable bonds is 8. The lowest BCUT2D eigenvalue weighted by Gasteiger charge is -2.15. The summed E-state index contributed by atoms with van der Waals surface area (Å²) in [7, 11) is 0. The fourth-order valence-electron chi connectivity index (χ4n) is 2.08. The second-order valence-electron chi connectivity index (χ2n) is 4.54. The van der Waals surface area contributed by atoms with Crippen LogP contribution in [0.1, 0.15) is 42.2 Å². The molecule has 1 N–H and O–H groups in total. The van der Waals surface area contributed by atoms with Crippen molar-refractivity contribution < 1.29 is 4.42 Å². The van der Waals surface area contributed by atoms with Crippen LogP contribution in [0.25, 0.3) is 0 Å². The molecule has 19 heavy (non-hydrogen) atoms. The predicted octanol–water partition coefficient (Wildman–Crippen LogP) is 4.84. The Morgan fingerprint density at radius 1 is 1.32 bits per heavy atom. The zero-order chi connectivity index (χ0) is 13.5. The van der Waals surface area contributed by atoms with Crippen molar-refractivity contribution in [3.63, 3.8) is 0 Å². The van der Waals surface area contributed by atoms with Crippen LogP contribution in [-0.2, 0) is 12.3 Å². The molecule has 104 valence electrons. The summed E-state index contributed by atoms with van der Waals surface area (Å²) >= 11 is 3.61. The highest BCUT2D eigenvalue weighted by molar-refractivity contribution is 7.97. The molecule has 0 radical (unpaired) electrons. The lowest BCUT2D eigenvalue weighted by molar-refractivity contribution is 0.424. The number of furan rings is 1. The van der Waals surface area contributed by atoms with Gasteiger partial charge in [0.05, 0.1) is 12.3 Å². The molecular weight excluding hydrogens is 274 g/mol. The van der Waals surface area contributed by atoms with Gasteiger partial charge in [-0.3, -0.25) is 0 Å². The Balaban J connectivity index is 1.90. The molecule has 0 aromatic carbocycles. The maximum atomic E-state index is 5.79. The van der Waals surface area contributed by atoms with Crippen LogP contribution < -0.4 is 5.32 Å². The molecule has 0 saturated carbocycles. The Morgan fingerprint density at radius 3 is 2.84 bits per heavy atom. The molecule has 4 heteroatoms. The third kappa shape index (κ3) is 4.41. The first-order valence-electron chi connectivity index (χ1n) is 6.66. The standard InChI is InChI=1S/C15H21NOS2/c1-3-5-14(15-6-4-9-19-15)16-10-12-7-8-13(17-12)11-18-2/h4,6-9,14,16H,3,5,10-11H2,1-2H3. The molecule has 0 bridgehead atoms. The summed E-state index contributed by atoms with van der Waals surface area (Å²) in [5.41, 5.74) is 0. The largest absolute Gasteiger partial charge is 0.464 e. The second kappa shape index (κ2) is 7.78. The summed E-state index contributed by atoms with van der Waals surface area (Å²) in [6, 6.07) is 8.93. The van der Waals surface area contributed by atoms with E-state index in [1.165, 1.54) is 17.7 Å². The van der Waals surface area contributed by atoms with Crippen molar-refractivity contribution >= 4 is 23.1 Å². The highest BCUT2D eigenvalue weighted by Crippen LogP contribution is 2.24. The van der Waals surface area contributed by atoms with Crippen molar-refractivity contribution in [2.75, 3.05) is 6.26 Å². The Bertz CT molecular complexity index is 464. The van der Waals surface area contributed by atoms with Gasteiger partial charge < -0.3 is 9.73 Å². The molecular formula is C15H21NOS2. The van der Waals surface area contributed by atoms with E-state index in [1.54, 1.807) is 11.8 Å². The topological polar surface area (TPSA) is 25.2 Å². The monoisotopic (exact) mass is 295 g/mol. The van der Waals surface area contributed by atoms with Gasteiger partial charge in [0, 0.05) is 10.9 Å². The zero-order valence-corrected chi connectivity index (χ0v) is 13.2. The quantitative estimate of drug-likeness (QED) is 0.754. The lowest BCUT2D eigenvalue weighted by Crippen LogP contribution is -2.19. The molecule has 1 unspecified atom stereocenters. The van der Waals surface area contributed by atoms with Gasteiger partial charge in [0.15, 0.2) is 0 Å². The number of thiophene rings is 1. The normalized spacial score (nSPS) is 12.7. The maximum Gasteiger partial charge on any atom is 0.118 e. The third-order valence-electron chi connectivity index (χ3n) is 2.99. The molecule has 1 atom stereocenters. The molecule has 0 aliphatic heterocycles. The molecule has 0 spiro atoms. The molecule has 2 nitrogen and oxygen atoms in total. The van der Waals surface area contributed by atoms with Crippen LogP contribution >= 0.6 is 23.1 Å². The van der Waals surface area contributed by atoms with Gasteiger partial charge in [-0.05, 0) is 36.3 Å². The van der Waals surface area contributed by atoms with Crippen molar-refractivity contribution in [1.82, 2.24) is 5.32 Å². The van der Waals surface area contributed by atoms with Gasteiger partial charge in [-0.25, -0.2) is 0 Å². The summed E-state index contributed by atoms with van der Waals surface area (Å²) < 4.78 is 5.79. The first kappa shape index (κ1) is 14.7. The third-order valence-corrected chi connectivity index (χ3v) is 4.55. The van der Waals surface area contributed by atoms with E-state index in [9.17, 15) is 0 Å². The predicted molar refractivity (Wildman–Crippen MR) is 84.7 cm³/mol. The number of thioether (sulfide) groups is 1. The first-order chi connectivity index (χ1) is 9.33. The second-order valence-corrected chi connectivity index (χ2v) is 6.38. The van der Waals surface area contributed by atoms with E-state index in [-0.39, 0.29) is 0 Å². The van der Waals surface area contributed by atoms with Crippen molar-refractivity contribution in [3.05, 3.63) is 46.0 Å². The Kier molecular flexibility index (Phi) is 6.01. The van der Waals surface area contributed by atoms with Crippen molar-refractivity contribution in [1.29, 1.82) is 0 Å². The first-order valence-corrected chi connectivity index (χ1v) is 8.94. The molecule has 2 rings (SSSR count). The molecule has 2 heterocycles. The summed E-state index contributed by atoms with van der Waals surface area (Å²) in [5, 5.41) is 5.75. The van der Waals surface area contributed by atoms with Crippen LogP contribution in [0.4, 0.5) is 0 Å². The average molecular weight is 295 g/mol. The molecule has 0 aliphatic rings. The van der Waals surface area contributed by atoms with Gasteiger partial charge in [-0.2, -0.15) is 11.8 Å². The van der Waals surface area contributed by atoms with E-state index in [4.69, 9.17) is 4.42 Å². The minimum atomic E-state index is 0.444. The van der Waals surface area contributed by atoms with Gasteiger partial charge in [-0.15, -0.1) is 11.3 Å². The molecule has 0 amide bonds. The van der Waals surface area contributed by atoms with Crippen LogP contribution in [-0.4, -0.2) is 6.26 Å². The number of hydrogen-bond donors (Lipinski definition) is 1. The van der Waals surface area contributed by atoms with E-state index in [1.807, 2.05) is 11.3 Å². The zero-order valence-electron chi connectivity index (χ0n) is 11.5. The van der Waals surface area contributed by atoms with E-state index < -0.39 is 0 Å². The number of nitrogens with one attached hydrogen (secondary N) is 1. The van der Waals surface area contributed by atoms with Gasteiger partial charge in [0.2, 0.25) is 0 Å². The Hall–Kier alpha value is -0.710. The van der Waals surface area contributed by atoms with E-state index >= 15 is 0 Å². The van der Waals surface area contributed by atoms with Crippen molar-refractivity contribution in [3.8, 4) is 0 Å². The van der Waals surface area contributed by atoms with E-state index in [2.05, 4.69) is 48.1 Å². The van der Waals surface area contributed by atoms with Crippen LogP contribution in [0.5, 0.6) is 0 Å². The van der Waals surface area contributed by atoms with Crippen LogP contribution in [0.2, 0.25) is 0 Å². The number of hydrogen-bond acceptors (Lipinski definition) is 4. The van der Waals surface area contributed by atoms with Crippen molar-refractivity contribution in [2.45, 2.75) is 38.1 Å².